The Hall–Kier alpha value is -1.61. The van der Waals surface area contributed by atoms with Gasteiger partial charge in [0, 0.05) is 6.61 Å². The Morgan fingerprint density at radius 2 is 1.86 bits per heavy atom. The minimum atomic E-state index is -1.01. The van der Waals surface area contributed by atoms with Crippen molar-refractivity contribution in [3.63, 3.8) is 0 Å². The molecule has 0 fully saturated rings. The smallest absolute Gasteiger partial charge is 0.367 e. The highest BCUT2D eigenvalue weighted by Gasteiger charge is 2.17. The van der Waals surface area contributed by atoms with E-state index in [2.05, 4.69) is 9.97 Å². The van der Waals surface area contributed by atoms with Crippen molar-refractivity contribution in [2.24, 2.45) is 0 Å². The maximum Gasteiger partial charge on any atom is 0.367 e. The fourth-order valence-electron chi connectivity index (χ4n) is 1.98. The average Bonchev–Trinajstić information content (AvgIpc) is 3.07. The van der Waals surface area contributed by atoms with Gasteiger partial charge in [-0.2, -0.15) is 0 Å². The standard InChI is InChI=1S/C14H14N2O4S2/c1-3-19-13(17)11-15-7-5-10-8(6-9(7)21-11)16-12(22-10)14(18)20-4-2/h5-6,13,17H,3-4H2,1-2H3. The lowest BCUT2D eigenvalue weighted by atomic mass is 10.3. The van der Waals surface area contributed by atoms with Crippen LogP contribution in [0.1, 0.15) is 34.9 Å². The molecular formula is C14H14N2O4S2. The van der Waals surface area contributed by atoms with Crippen molar-refractivity contribution >= 4 is 49.1 Å². The number of rotatable bonds is 5. The Balaban J connectivity index is 2.00. The fourth-order valence-corrected chi connectivity index (χ4v) is 3.77. The summed E-state index contributed by atoms with van der Waals surface area (Å²) in [5.41, 5.74) is 1.48. The molecule has 1 atom stereocenters. The van der Waals surface area contributed by atoms with Crippen molar-refractivity contribution in [3.8, 4) is 0 Å². The molecule has 6 nitrogen and oxygen atoms in total. The molecule has 0 saturated carbocycles. The molecule has 0 aliphatic rings. The maximum absolute atomic E-state index is 11.7. The van der Waals surface area contributed by atoms with E-state index < -0.39 is 12.3 Å². The van der Waals surface area contributed by atoms with E-state index in [0.29, 0.717) is 23.2 Å². The van der Waals surface area contributed by atoms with Crippen LogP contribution in [0.2, 0.25) is 0 Å². The van der Waals surface area contributed by atoms with E-state index in [0.717, 1.165) is 20.4 Å². The summed E-state index contributed by atoms with van der Waals surface area (Å²) in [5, 5.41) is 10.7. The summed E-state index contributed by atoms with van der Waals surface area (Å²) >= 11 is 2.62. The molecule has 2 aromatic heterocycles. The van der Waals surface area contributed by atoms with Gasteiger partial charge in [0.15, 0.2) is 0 Å². The number of aliphatic hydroxyl groups excluding tert-OH is 1. The SMILES string of the molecule is CCOC(=O)c1nc2cc3sc(C(O)OCC)nc3cc2s1. The largest absolute Gasteiger partial charge is 0.461 e. The zero-order chi connectivity index (χ0) is 15.7. The van der Waals surface area contributed by atoms with E-state index in [-0.39, 0.29) is 0 Å². The quantitative estimate of drug-likeness (QED) is 0.568. The molecular weight excluding hydrogens is 324 g/mol. The third-order valence-corrected chi connectivity index (χ3v) is 4.95. The summed E-state index contributed by atoms with van der Waals surface area (Å²) in [6.07, 6.45) is -1.01. The minimum absolute atomic E-state index is 0.323. The molecule has 1 unspecified atom stereocenters. The molecule has 0 aliphatic heterocycles. The molecule has 0 amide bonds. The Morgan fingerprint density at radius 1 is 1.18 bits per heavy atom. The maximum atomic E-state index is 11.7. The number of benzene rings is 1. The van der Waals surface area contributed by atoms with Crippen LogP contribution in [-0.2, 0) is 9.47 Å². The molecule has 22 heavy (non-hydrogen) atoms. The van der Waals surface area contributed by atoms with Gasteiger partial charge in [0.25, 0.3) is 0 Å². The summed E-state index contributed by atoms with van der Waals surface area (Å²) in [6.45, 7) is 4.31. The second-order valence-electron chi connectivity index (χ2n) is 4.39. The van der Waals surface area contributed by atoms with Gasteiger partial charge in [-0.25, -0.2) is 14.8 Å². The summed E-state index contributed by atoms with van der Waals surface area (Å²) in [5.74, 6) is -0.410. The van der Waals surface area contributed by atoms with Crippen LogP contribution < -0.4 is 0 Å². The molecule has 0 bridgehead atoms. The van der Waals surface area contributed by atoms with Crippen LogP contribution in [0.15, 0.2) is 12.1 Å². The van der Waals surface area contributed by atoms with Crippen LogP contribution in [-0.4, -0.2) is 34.3 Å². The zero-order valence-corrected chi connectivity index (χ0v) is 13.7. The van der Waals surface area contributed by atoms with E-state index in [4.69, 9.17) is 9.47 Å². The van der Waals surface area contributed by atoms with Crippen LogP contribution >= 0.6 is 22.7 Å². The predicted molar refractivity (Wildman–Crippen MR) is 85.3 cm³/mol. The molecule has 8 heteroatoms. The predicted octanol–water partition coefficient (Wildman–Crippen LogP) is 3.11. The third kappa shape index (κ3) is 2.82. The fraction of sp³-hybridized carbons (Fsp3) is 0.357. The van der Waals surface area contributed by atoms with Crippen LogP contribution in [0.5, 0.6) is 0 Å². The van der Waals surface area contributed by atoms with Crippen molar-refractivity contribution < 1.29 is 19.4 Å². The van der Waals surface area contributed by atoms with Crippen LogP contribution in [0.25, 0.3) is 20.4 Å². The average molecular weight is 338 g/mol. The summed E-state index contributed by atoms with van der Waals surface area (Å²) in [6, 6.07) is 3.73. The van der Waals surface area contributed by atoms with Crippen molar-refractivity contribution in [1.29, 1.82) is 0 Å². The van der Waals surface area contributed by atoms with Crippen molar-refractivity contribution in [3.05, 3.63) is 22.1 Å². The zero-order valence-electron chi connectivity index (χ0n) is 12.0. The number of nitrogens with zero attached hydrogens (tertiary/aromatic N) is 2. The molecule has 0 aliphatic carbocycles. The molecule has 3 rings (SSSR count). The number of aromatic nitrogens is 2. The van der Waals surface area contributed by atoms with Gasteiger partial charge in [0.05, 0.1) is 27.0 Å². The van der Waals surface area contributed by atoms with E-state index in [1.54, 1.807) is 6.92 Å². The lowest BCUT2D eigenvalue weighted by Gasteiger charge is -2.05. The molecule has 0 saturated heterocycles. The van der Waals surface area contributed by atoms with Gasteiger partial charge in [0.1, 0.15) is 5.01 Å². The van der Waals surface area contributed by atoms with Crippen molar-refractivity contribution in [2.75, 3.05) is 13.2 Å². The lowest BCUT2D eigenvalue weighted by molar-refractivity contribution is -0.0979. The van der Waals surface area contributed by atoms with E-state index in [1.165, 1.54) is 22.7 Å². The molecule has 2 heterocycles. The molecule has 1 aromatic carbocycles. The van der Waals surface area contributed by atoms with Crippen LogP contribution in [0, 0.1) is 0 Å². The van der Waals surface area contributed by atoms with Crippen molar-refractivity contribution in [2.45, 2.75) is 20.1 Å². The first-order valence-corrected chi connectivity index (χ1v) is 8.43. The van der Waals surface area contributed by atoms with Gasteiger partial charge in [-0.05, 0) is 26.0 Å². The Kier molecular flexibility index (Phi) is 4.34. The van der Waals surface area contributed by atoms with E-state index >= 15 is 0 Å². The number of carbonyl (C=O) groups is 1. The summed E-state index contributed by atoms with van der Waals surface area (Å²) in [7, 11) is 0. The first-order valence-electron chi connectivity index (χ1n) is 6.80. The summed E-state index contributed by atoms with van der Waals surface area (Å²) < 4.78 is 11.9. The second-order valence-corrected chi connectivity index (χ2v) is 6.48. The van der Waals surface area contributed by atoms with Gasteiger partial charge in [-0.1, -0.05) is 0 Å². The molecule has 1 N–H and O–H groups in total. The molecule has 0 spiro atoms. The van der Waals surface area contributed by atoms with Crippen LogP contribution in [0.3, 0.4) is 0 Å². The van der Waals surface area contributed by atoms with Gasteiger partial charge < -0.3 is 14.6 Å². The highest BCUT2D eigenvalue weighted by Crippen LogP contribution is 2.32. The number of fused-ring (bicyclic) bond motifs is 2. The molecule has 116 valence electrons. The topological polar surface area (TPSA) is 81.5 Å². The number of thiazole rings is 2. The van der Waals surface area contributed by atoms with E-state index in [9.17, 15) is 9.90 Å². The number of ether oxygens (including phenoxy) is 2. The highest BCUT2D eigenvalue weighted by atomic mass is 32.1. The van der Waals surface area contributed by atoms with Crippen molar-refractivity contribution in [1.82, 2.24) is 9.97 Å². The summed E-state index contributed by atoms with van der Waals surface area (Å²) in [4.78, 5) is 20.4. The number of esters is 1. The molecule has 0 radical (unpaired) electrons. The minimum Gasteiger partial charge on any atom is -0.461 e. The van der Waals surface area contributed by atoms with Gasteiger partial charge >= 0.3 is 5.97 Å². The number of carbonyl (C=O) groups excluding carboxylic acids is 1. The van der Waals surface area contributed by atoms with Gasteiger partial charge in [-0.15, -0.1) is 22.7 Å². The first-order chi connectivity index (χ1) is 10.6. The molecule has 3 aromatic rings. The number of hydrogen-bond donors (Lipinski definition) is 1. The second kappa shape index (κ2) is 6.25. The van der Waals surface area contributed by atoms with Gasteiger partial charge in [0.2, 0.25) is 11.3 Å². The Labute approximate surface area is 134 Å². The highest BCUT2D eigenvalue weighted by molar-refractivity contribution is 7.21. The number of hydrogen-bond acceptors (Lipinski definition) is 8. The normalized spacial score (nSPS) is 12.9. The van der Waals surface area contributed by atoms with E-state index in [1.807, 2.05) is 19.1 Å². The monoisotopic (exact) mass is 338 g/mol. The number of aliphatic hydroxyl groups is 1. The van der Waals surface area contributed by atoms with Gasteiger partial charge in [-0.3, -0.25) is 0 Å². The third-order valence-electron chi connectivity index (χ3n) is 2.90. The first kappa shape index (κ1) is 15.3. The Bertz CT molecular complexity index is 776. The Morgan fingerprint density at radius 3 is 2.55 bits per heavy atom. The van der Waals surface area contributed by atoms with Crippen LogP contribution in [0.4, 0.5) is 0 Å². The lowest BCUT2D eigenvalue weighted by Crippen LogP contribution is -2.03.